The largest absolute Gasteiger partial charge is 0.314 e. The fourth-order valence-corrected chi connectivity index (χ4v) is 2.93. The second kappa shape index (κ2) is 5.22. The third-order valence-electron chi connectivity index (χ3n) is 4.19. The van der Waals surface area contributed by atoms with Crippen molar-refractivity contribution in [3.8, 4) is 0 Å². The van der Waals surface area contributed by atoms with E-state index in [9.17, 15) is 0 Å². The highest BCUT2D eigenvalue weighted by Gasteiger charge is 2.23. The number of benzene rings is 1. The van der Waals surface area contributed by atoms with E-state index in [1.807, 2.05) is 0 Å². The van der Waals surface area contributed by atoms with Crippen molar-refractivity contribution in [2.75, 3.05) is 6.54 Å². The Morgan fingerprint density at radius 2 is 2.06 bits per heavy atom. The summed E-state index contributed by atoms with van der Waals surface area (Å²) in [7, 11) is 0. The molecule has 1 aliphatic carbocycles. The van der Waals surface area contributed by atoms with E-state index in [4.69, 9.17) is 0 Å². The molecule has 92 valence electrons. The van der Waals surface area contributed by atoms with Crippen LogP contribution in [0, 0.1) is 0 Å². The first-order chi connectivity index (χ1) is 8.42. The minimum atomic E-state index is 0.772. The molecule has 1 aliphatic heterocycles. The molecule has 1 saturated heterocycles. The molecule has 0 aromatic heterocycles. The van der Waals surface area contributed by atoms with Crippen LogP contribution in [-0.4, -0.2) is 12.6 Å². The Bertz CT molecular complexity index is 362. The van der Waals surface area contributed by atoms with Gasteiger partial charge in [0.05, 0.1) is 0 Å². The van der Waals surface area contributed by atoms with Gasteiger partial charge in [-0.2, -0.15) is 0 Å². The second-order valence-electron chi connectivity index (χ2n) is 5.70. The quantitative estimate of drug-likeness (QED) is 0.831. The zero-order valence-corrected chi connectivity index (χ0v) is 10.6. The third-order valence-corrected chi connectivity index (χ3v) is 4.19. The van der Waals surface area contributed by atoms with Crippen LogP contribution in [0.3, 0.4) is 0 Å². The molecule has 2 fully saturated rings. The summed E-state index contributed by atoms with van der Waals surface area (Å²) in [4.78, 5) is 0. The standard InChI is InChI=1S/C16H23N/c1-2-11-17-16(6-1)10-7-13-4-3-5-15(12-13)14-8-9-14/h3-5,12,14,16-17H,1-2,6-11H2. The molecule has 1 unspecified atom stereocenters. The number of piperidine rings is 1. The van der Waals surface area contributed by atoms with E-state index in [-0.39, 0.29) is 0 Å². The molecule has 1 saturated carbocycles. The van der Waals surface area contributed by atoms with Crippen molar-refractivity contribution in [3.63, 3.8) is 0 Å². The van der Waals surface area contributed by atoms with Crippen molar-refractivity contribution >= 4 is 0 Å². The number of rotatable bonds is 4. The number of nitrogens with one attached hydrogen (secondary N) is 1. The van der Waals surface area contributed by atoms with Crippen LogP contribution >= 0.6 is 0 Å². The van der Waals surface area contributed by atoms with E-state index in [0.29, 0.717) is 0 Å². The van der Waals surface area contributed by atoms with Gasteiger partial charge in [0.25, 0.3) is 0 Å². The van der Waals surface area contributed by atoms with Gasteiger partial charge in [-0.3, -0.25) is 0 Å². The molecule has 1 aromatic rings. The van der Waals surface area contributed by atoms with Crippen LogP contribution in [0.15, 0.2) is 24.3 Å². The summed E-state index contributed by atoms with van der Waals surface area (Å²) in [6.07, 6.45) is 9.55. The number of hydrogen-bond donors (Lipinski definition) is 1. The van der Waals surface area contributed by atoms with E-state index < -0.39 is 0 Å². The monoisotopic (exact) mass is 229 g/mol. The van der Waals surface area contributed by atoms with Gasteiger partial charge in [0.15, 0.2) is 0 Å². The molecule has 3 rings (SSSR count). The lowest BCUT2D eigenvalue weighted by Crippen LogP contribution is -2.34. The molecular weight excluding hydrogens is 206 g/mol. The van der Waals surface area contributed by atoms with Crippen LogP contribution in [0.2, 0.25) is 0 Å². The van der Waals surface area contributed by atoms with E-state index in [0.717, 1.165) is 12.0 Å². The van der Waals surface area contributed by atoms with Crippen LogP contribution in [0.4, 0.5) is 0 Å². The first-order valence-electron chi connectivity index (χ1n) is 7.24. The summed E-state index contributed by atoms with van der Waals surface area (Å²) in [5.41, 5.74) is 3.13. The molecule has 17 heavy (non-hydrogen) atoms. The summed E-state index contributed by atoms with van der Waals surface area (Å²) in [5, 5.41) is 3.64. The minimum Gasteiger partial charge on any atom is -0.314 e. The van der Waals surface area contributed by atoms with Gasteiger partial charge >= 0.3 is 0 Å². The van der Waals surface area contributed by atoms with Gasteiger partial charge in [0, 0.05) is 6.04 Å². The molecule has 1 heteroatoms. The summed E-state index contributed by atoms with van der Waals surface area (Å²) < 4.78 is 0. The smallest absolute Gasteiger partial charge is 0.00702 e. The first kappa shape index (κ1) is 11.3. The number of hydrogen-bond acceptors (Lipinski definition) is 1. The highest BCUT2D eigenvalue weighted by atomic mass is 14.9. The fourth-order valence-electron chi connectivity index (χ4n) is 2.93. The maximum Gasteiger partial charge on any atom is 0.00702 e. The molecule has 0 radical (unpaired) electrons. The Kier molecular flexibility index (Phi) is 3.46. The van der Waals surface area contributed by atoms with Crippen LogP contribution in [0.5, 0.6) is 0 Å². The Hall–Kier alpha value is -0.820. The Morgan fingerprint density at radius 1 is 1.12 bits per heavy atom. The van der Waals surface area contributed by atoms with Crippen molar-refractivity contribution in [1.29, 1.82) is 0 Å². The predicted octanol–water partition coefficient (Wildman–Crippen LogP) is 3.64. The minimum absolute atomic E-state index is 0.772. The van der Waals surface area contributed by atoms with Crippen LogP contribution < -0.4 is 5.32 Å². The molecule has 1 aromatic carbocycles. The fraction of sp³-hybridized carbons (Fsp3) is 0.625. The zero-order chi connectivity index (χ0) is 11.5. The van der Waals surface area contributed by atoms with E-state index in [1.54, 1.807) is 11.1 Å². The van der Waals surface area contributed by atoms with Crippen LogP contribution in [-0.2, 0) is 6.42 Å². The number of aryl methyl sites for hydroxylation is 1. The summed E-state index contributed by atoms with van der Waals surface area (Å²) in [5.74, 6) is 0.891. The third kappa shape index (κ3) is 3.10. The zero-order valence-electron chi connectivity index (χ0n) is 10.6. The maximum atomic E-state index is 3.64. The predicted molar refractivity (Wildman–Crippen MR) is 72.4 cm³/mol. The Labute approximate surface area is 105 Å². The van der Waals surface area contributed by atoms with Gasteiger partial charge in [-0.05, 0) is 62.1 Å². The van der Waals surface area contributed by atoms with Gasteiger partial charge < -0.3 is 5.32 Å². The highest BCUT2D eigenvalue weighted by molar-refractivity contribution is 5.29. The lowest BCUT2D eigenvalue weighted by molar-refractivity contribution is 0.383. The van der Waals surface area contributed by atoms with Crippen molar-refractivity contribution in [2.45, 2.75) is 56.9 Å². The molecule has 0 amide bonds. The Morgan fingerprint density at radius 3 is 2.82 bits per heavy atom. The van der Waals surface area contributed by atoms with Crippen LogP contribution in [0.1, 0.15) is 55.6 Å². The average molecular weight is 229 g/mol. The molecule has 1 heterocycles. The SMILES string of the molecule is c1cc(CCC2CCCCN2)cc(C2CC2)c1. The topological polar surface area (TPSA) is 12.0 Å². The maximum absolute atomic E-state index is 3.64. The molecule has 0 bridgehead atoms. The lowest BCUT2D eigenvalue weighted by Gasteiger charge is -2.23. The normalized spacial score (nSPS) is 24.8. The molecule has 1 nitrogen and oxygen atoms in total. The van der Waals surface area contributed by atoms with E-state index >= 15 is 0 Å². The van der Waals surface area contributed by atoms with Crippen molar-refractivity contribution in [3.05, 3.63) is 35.4 Å². The molecule has 0 spiro atoms. The molecule has 1 N–H and O–H groups in total. The van der Waals surface area contributed by atoms with Gasteiger partial charge in [0.1, 0.15) is 0 Å². The van der Waals surface area contributed by atoms with Gasteiger partial charge in [-0.15, -0.1) is 0 Å². The van der Waals surface area contributed by atoms with Crippen LogP contribution in [0.25, 0.3) is 0 Å². The average Bonchev–Trinajstić information content (AvgIpc) is 3.22. The first-order valence-corrected chi connectivity index (χ1v) is 7.24. The van der Waals surface area contributed by atoms with Crippen molar-refractivity contribution < 1.29 is 0 Å². The summed E-state index contributed by atoms with van der Waals surface area (Å²) in [6, 6.07) is 10.1. The van der Waals surface area contributed by atoms with Gasteiger partial charge in [0.2, 0.25) is 0 Å². The molecule has 1 atom stereocenters. The molecule has 2 aliphatic rings. The molecular formula is C16H23N. The van der Waals surface area contributed by atoms with Crippen molar-refractivity contribution in [2.24, 2.45) is 0 Å². The lowest BCUT2D eigenvalue weighted by atomic mass is 9.97. The van der Waals surface area contributed by atoms with Crippen molar-refractivity contribution in [1.82, 2.24) is 5.32 Å². The summed E-state index contributed by atoms with van der Waals surface area (Å²) >= 11 is 0. The second-order valence-corrected chi connectivity index (χ2v) is 5.70. The van der Waals surface area contributed by atoms with E-state index in [1.165, 1.54) is 51.5 Å². The Balaban J connectivity index is 1.54. The van der Waals surface area contributed by atoms with E-state index in [2.05, 4.69) is 29.6 Å². The van der Waals surface area contributed by atoms with Gasteiger partial charge in [-0.1, -0.05) is 30.7 Å². The summed E-state index contributed by atoms with van der Waals surface area (Å²) in [6.45, 7) is 1.23. The van der Waals surface area contributed by atoms with Gasteiger partial charge in [-0.25, -0.2) is 0 Å². The highest BCUT2D eigenvalue weighted by Crippen LogP contribution is 2.40.